The molecular formula is C21H24N2O5S. The summed E-state index contributed by atoms with van der Waals surface area (Å²) in [6.07, 6.45) is 1.71. The zero-order valence-corrected chi connectivity index (χ0v) is 17.3. The number of nitrogens with one attached hydrogen (secondary N) is 1. The van der Waals surface area contributed by atoms with E-state index < -0.39 is 28.5 Å². The highest BCUT2D eigenvalue weighted by Gasteiger charge is 2.27. The fraction of sp³-hybridized carbons (Fsp3) is 0.333. The van der Waals surface area contributed by atoms with Crippen LogP contribution in [-0.4, -0.2) is 44.3 Å². The lowest BCUT2D eigenvalue weighted by molar-refractivity contribution is -0.119. The Hall–Kier alpha value is -2.71. The molecule has 1 aliphatic heterocycles. The summed E-state index contributed by atoms with van der Waals surface area (Å²) in [4.78, 5) is 24.3. The van der Waals surface area contributed by atoms with Crippen molar-refractivity contribution in [2.75, 3.05) is 25.0 Å². The number of aryl methyl sites for hydroxylation is 2. The molecule has 154 valence electrons. The molecule has 0 aromatic heterocycles. The van der Waals surface area contributed by atoms with E-state index in [4.69, 9.17) is 4.74 Å². The standard InChI is InChI=1S/C21H24N2O5S/c1-15-11-16(2)13-18(12-15)22-20(24)14-28-21(25)17-5-7-19(8-6-17)29(26,27)23-9-3-4-10-23/h5-8,11-13H,3-4,9-10,14H2,1-2H3,(H,22,24). The predicted molar refractivity (Wildman–Crippen MR) is 109 cm³/mol. The minimum atomic E-state index is -3.53. The highest BCUT2D eigenvalue weighted by atomic mass is 32.2. The molecule has 0 radical (unpaired) electrons. The van der Waals surface area contributed by atoms with Crippen LogP contribution >= 0.6 is 0 Å². The fourth-order valence-corrected chi connectivity index (χ4v) is 4.82. The number of hydrogen-bond acceptors (Lipinski definition) is 5. The number of amides is 1. The van der Waals surface area contributed by atoms with Crippen LogP contribution in [-0.2, 0) is 19.6 Å². The zero-order chi connectivity index (χ0) is 21.0. The first-order chi connectivity index (χ1) is 13.8. The molecule has 1 heterocycles. The SMILES string of the molecule is Cc1cc(C)cc(NC(=O)COC(=O)c2ccc(S(=O)(=O)N3CCCC3)cc2)c1. The van der Waals surface area contributed by atoms with Crippen LogP contribution in [0.25, 0.3) is 0 Å². The summed E-state index contributed by atoms with van der Waals surface area (Å²) >= 11 is 0. The number of esters is 1. The molecule has 0 aliphatic carbocycles. The summed E-state index contributed by atoms with van der Waals surface area (Å²) < 4.78 is 31.5. The molecule has 1 N–H and O–H groups in total. The summed E-state index contributed by atoms with van der Waals surface area (Å²) in [6, 6.07) is 11.2. The van der Waals surface area contributed by atoms with Gasteiger partial charge in [0.15, 0.2) is 6.61 Å². The number of hydrogen-bond donors (Lipinski definition) is 1. The van der Waals surface area contributed by atoms with E-state index in [0.29, 0.717) is 18.8 Å². The van der Waals surface area contributed by atoms with Gasteiger partial charge in [-0.05, 0) is 74.2 Å². The Kier molecular flexibility index (Phi) is 6.34. The highest BCUT2D eigenvalue weighted by molar-refractivity contribution is 7.89. The van der Waals surface area contributed by atoms with Crippen molar-refractivity contribution in [2.45, 2.75) is 31.6 Å². The average Bonchev–Trinajstić information content (AvgIpc) is 3.21. The minimum Gasteiger partial charge on any atom is -0.452 e. The maximum Gasteiger partial charge on any atom is 0.338 e. The smallest absolute Gasteiger partial charge is 0.338 e. The van der Waals surface area contributed by atoms with Crippen molar-refractivity contribution in [1.29, 1.82) is 0 Å². The van der Waals surface area contributed by atoms with Crippen molar-refractivity contribution in [3.8, 4) is 0 Å². The second kappa shape index (κ2) is 8.75. The molecule has 1 amide bonds. The van der Waals surface area contributed by atoms with Crippen molar-refractivity contribution in [3.05, 3.63) is 59.2 Å². The summed E-state index contributed by atoms with van der Waals surface area (Å²) in [6.45, 7) is 4.45. The van der Waals surface area contributed by atoms with Crippen LogP contribution in [0.2, 0.25) is 0 Å². The molecule has 0 unspecified atom stereocenters. The maximum atomic E-state index is 12.5. The van der Waals surface area contributed by atoms with Crippen molar-refractivity contribution in [1.82, 2.24) is 4.31 Å². The molecule has 0 bridgehead atoms. The van der Waals surface area contributed by atoms with Gasteiger partial charge in [-0.15, -0.1) is 0 Å². The molecule has 2 aromatic carbocycles. The first-order valence-electron chi connectivity index (χ1n) is 9.41. The Morgan fingerprint density at radius 1 is 1.00 bits per heavy atom. The maximum absolute atomic E-state index is 12.5. The number of carbonyl (C=O) groups is 2. The monoisotopic (exact) mass is 416 g/mol. The van der Waals surface area contributed by atoms with Gasteiger partial charge in [0.2, 0.25) is 10.0 Å². The van der Waals surface area contributed by atoms with E-state index in [0.717, 1.165) is 24.0 Å². The van der Waals surface area contributed by atoms with Gasteiger partial charge >= 0.3 is 5.97 Å². The summed E-state index contributed by atoms with van der Waals surface area (Å²) in [5, 5.41) is 2.69. The lowest BCUT2D eigenvalue weighted by Crippen LogP contribution is -2.27. The van der Waals surface area contributed by atoms with E-state index in [1.807, 2.05) is 32.0 Å². The second-order valence-electron chi connectivity index (χ2n) is 7.14. The van der Waals surface area contributed by atoms with Crippen LogP contribution in [0, 0.1) is 13.8 Å². The van der Waals surface area contributed by atoms with Crippen LogP contribution in [0.1, 0.15) is 34.3 Å². The predicted octanol–water partition coefficient (Wildman–Crippen LogP) is 2.88. The van der Waals surface area contributed by atoms with Crippen LogP contribution in [0.3, 0.4) is 0 Å². The van der Waals surface area contributed by atoms with Crippen LogP contribution in [0.4, 0.5) is 5.69 Å². The topological polar surface area (TPSA) is 92.8 Å². The number of rotatable bonds is 6. The second-order valence-corrected chi connectivity index (χ2v) is 9.07. The molecule has 1 saturated heterocycles. The average molecular weight is 416 g/mol. The Morgan fingerprint density at radius 3 is 2.17 bits per heavy atom. The molecule has 1 aliphatic rings. The van der Waals surface area contributed by atoms with Crippen molar-refractivity contribution < 1.29 is 22.7 Å². The van der Waals surface area contributed by atoms with Crippen molar-refractivity contribution in [2.24, 2.45) is 0 Å². The third-order valence-corrected chi connectivity index (χ3v) is 6.55. The van der Waals surface area contributed by atoms with Crippen LogP contribution in [0.15, 0.2) is 47.4 Å². The lowest BCUT2D eigenvalue weighted by Gasteiger charge is -2.15. The number of nitrogens with zero attached hydrogens (tertiary/aromatic N) is 1. The molecule has 1 fully saturated rings. The normalized spacial score (nSPS) is 14.6. The van der Waals surface area contributed by atoms with Gasteiger partial charge in [-0.2, -0.15) is 4.31 Å². The molecule has 0 saturated carbocycles. The first kappa shape index (κ1) is 21.0. The van der Waals surface area contributed by atoms with Crippen LogP contribution in [0.5, 0.6) is 0 Å². The van der Waals surface area contributed by atoms with E-state index in [2.05, 4.69) is 5.32 Å². The van der Waals surface area contributed by atoms with Gasteiger partial charge in [-0.25, -0.2) is 13.2 Å². The molecule has 3 rings (SSSR count). The Labute approximate surface area is 170 Å². The number of ether oxygens (including phenoxy) is 1. The Morgan fingerprint density at radius 2 is 1.59 bits per heavy atom. The summed E-state index contributed by atoms with van der Waals surface area (Å²) in [5.74, 6) is -1.14. The molecule has 2 aromatic rings. The van der Waals surface area contributed by atoms with Gasteiger partial charge < -0.3 is 10.1 Å². The third-order valence-electron chi connectivity index (χ3n) is 4.63. The molecular weight excluding hydrogens is 392 g/mol. The first-order valence-corrected chi connectivity index (χ1v) is 10.9. The van der Waals surface area contributed by atoms with E-state index in [-0.39, 0.29) is 10.5 Å². The summed E-state index contributed by atoms with van der Waals surface area (Å²) in [7, 11) is -3.53. The number of carbonyl (C=O) groups excluding carboxylic acids is 2. The van der Waals surface area contributed by atoms with Crippen molar-refractivity contribution >= 4 is 27.6 Å². The molecule has 0 atom stereocenters. The number of sulfonamides is 1. The van der Waals surface area contributed by atoms with E-state index in [1.165, 1.54) is 28.6 Å². The minimum absolute atomic E-state index is 0.142. The van der Waals surface area contributed by atoms with Gasteiger partial charge in [-0.1, -0.05) is 6.07 Å². The highest BCUT2D eigenvalue weighted by Crippen LogP contribution is 2.21. The molecule has 8 heteroatoms. The quantitative estimate of drug-likeness (QED) is 0.731. The van der Waals surface area contributed by atoms with Gasteiger partial charge in [0.05, 0.1) is 10.5 Å². The largest absolute Gasteiger partial charge is 0.452 e. The number of benzene rings is 2. The van der Waals surface area contributed by atoms with E-state index in [9.17, 15) is 18.0 Å². The van der Waals surface area contributed by atoms with Gasteiger partial charge in [-0.3, -0.25) is 4.79 Å². The Balaban J connectivity index is 1.57. The third kappa shape index (κ3) is 5.21. The molecule has 29 heavy (non-hydrogen) atoms. The number of anilines is 1. The van der Waals surface area contributed by atoms with E-state index >= 15 is 0 Å². The molecule has 7 nitrogen and oxygen atoms in total. The lowest BCUT2D eigenvalue weighted by atomic mass is 10.1. The molecule has 0 spiro atoms. The zero-order valence-electron chi connectivity index (χ0n) is 16.5. The van der Waals surface area contributed by atoms with Crippen LogP contribution < -0.4 is 5.32 Å². The Bertz CT molecular complexity index is 990. The summed E-state index contributed by atoms with van der Waals surface area (Å²) in [5.41, 5.74) is 2.85. The fourth-order valence-electron chi connectivity index (χ4n) is 3.30. The van der Waals surface area contributed by atoms with Gasteiger partial charge in [0.1, 0.15) is 0 Å². The van der Waals surface area contributed by atoms with Crippen molar-refractivity contribution in [3.63, 3.8) is 0 Å². The van der Waals surface area contributed by atoms with Gasteiger partial charge in [0, 0.05) is 18.8 Å². The van der Waals surface area contributed by atoms with E-state index in [1.54, 1.807) is 0 Å². The van der Waals surface area contributed by atoms with Gasteiger partial charge in [0.25, 0.3) is 5.91 Å².